The first-order valence-electron chi connectivity index (χ1n) is 10.2. The van der Waals surface area contributed by atoms with Gasteiger partial charge in [-0.1, -0.05) is 42.5 Å². The Morgan fingerprint density at radius 1 is 1.14 bits per heavy atom. The van der Waals surface area contributed by atoms with Crippen LogP contribution in [0, 0.1) is 13.8 Å². The molecular weight excluding hydrogens is 384 g/mol. The fourth-order valence-corrected chi connectivity index (χ4v) is 4.48. The quantitative estimate of drug-likeness (QED) is 0.552. The predicted octanol–water partition coefficient (Wildman–Crippen LogP) is 5.27. The highest BCUT2D eigenvalue weighted by molar-refractivity contribution is 6.30. The summed E-state index contributed by atoms with van der Waals surface area (Å²) in [4.78, 5) is 28.2. The second-order valence-electron chi connectivity index (χ2n) is 7.91. The summed E-state index contributed by atoms with van der Waals surface area (Å²) >= 11 is 6.57. The van der Waals surface area contributed by atoms with Crippen LogP contribution >= 0.6 is 11.6 Å². The first-order valence-corrected chi connectivity index (χ1v) is 10.5. The van der Waals surface area contributed by atoms with Crippen molar-refractivity contribution >= 4 is 28.4 Å². The zero-order chi connectivity index (χ0) is 20.4. The van der Waals surface area contributed by atoms with Crippen LogP contribution < -0.4 is 0 Å². The number of nitrogens with zero attached hydrogens (tertiary/aromatic N) is 4. The molecular formula is C23H25ClN4O. The third-order valence-electron chi connectivity index (χ3n) is 5.68. The normalized spacial score (nSPS) is 14.9. The van der Waals surface area contributed by atoms with Gasteiger partial charge in [-0.15, -0.1) is 0 Å². The average molecular weight is 409 g/mol. The molecule has 0 N–H and O–H groups in total. The molecule has 1 fully saturated rings. The smallest absolute Gasteiger partial charge is 0.274 e. The highest BCUT2D eigenvalue weighted by Gasteiger charge is 2.28. The van der Waals surface area contributed by atoms with Gasteiger partial charge in [0.05, 0.1) is 11.7 Å². The summed E-state index contributed by atoms with van der Waals surface area (Å²) < 4.78 is 0. The maximum absolute atomic E-state index is 13.3. The molecule has 0 unspecified atom stereocenters. The highest BCUT2D eigenvalue weighted by Crippen LogP contribution is 2.29. The lowest BCUT2D eigenvalue weighted by atomic mass is 9.93. The number of aryl methyl sites for hydroxylation is 2. The molecule has 2 aromatic heterocycles. The highest BCUT2D eigenvalue weighted by atomic mass is 35.5. The van der Waals surface area contributed by atoms with Crippen LogP contribution in [0.15, 0.2) is 36.8 Å². The lowest BCUT2D eigenvalue weighted by molar-refractivity contribution is 0.0607. The maximum Gasteiger partial charge on any atom is 0.274 e. The van der Waals surface area contributed by atoms with Crippen molar-refractivity contribution < 1.29 is 4.79 Å². The molecule has 0 spiro atoms. The molecule has 0 saturated heterocycles. The van der Waals surface area contributed by atoms with Crippen molar-refractivity contribution in [1.29, 1.82) is 0 Å². The first-order chi connectivity index (χ1) is 14.0. The van der Waals surface area contributed by atoms with Crippen molar-refractivity contribution in [1.82, 2.24) is 19.9 Å². The Kier molecular flexibility index (Phi) is 5.76. The van der Waals surface area contributed by atoms with Crippen LogP contribution in [0.1, 0.15) is 59.3 Å². The summed E-state index contributed by atoms with van der Waals surface area (Å²) in [6.07, 6.45) is 10.2. The summed E-state index contributed by atoms with van der Waals surface area (Å²) in [7, 11) is 0. The molecule has 0 radical (unpaired) electrons. The summed E-state index contributed by atoms with van der Waals surface area (Å²) in [6, 6.07) is 6.48. The van der Waals surface area contributed by atoms with Crippen LogP contribution in [0.25, 0.3) is 10.9 Å². The Balaban J connectivity index is 1.72. The van der Waals surface area contributed by atoms with E-state index < -0.39 is 0 Å². The van der Waals surface area contributed by atoms with Gasteiger partial charge in [0.2, 0.25) is 0 Å². The van der Waals surface area contributed by atoms with Gasteiger partial charge in [0.15, 0.2) is 0 Å². The molecule has 2 heterocycles. The van der Waals surface area contributed by atoms with Gasteiger partial charge >= 0.3 is 0 Å². The lowest BCUT2D eigenvalue weighted by Crippen LogP contribution is -2.41. The minimum absolute atomic E-state index is 0.0958. The number of aromatic nitrogens is 3. The summed E-state index contributed by atoms with van der Waals surface area (Å²) in [6.45, 7) is 4.55. The molecule has 29 heavy (non-hydrogen) atoms. The van der Waals surface area contributed by atoms with E-state index in [1.54, 1.807) is 12.4 Å². The predicted molar refractivity (Wildman–Crippen MR) is 115 cm³/mol. The van der Waals surface area contributed by atoms with E-state index in [0.29, 0.717) is 17.4 Å². The van der Waals surface area contributed by atoms with Crippen molar-refractivity contribution in [3.63, 3.8) is 0 Å². The summed E-state index contributed by atoms with van der Waals surface area (Å²) in [5, 5.41) is 1.51. The van der Waals surface area contributed by atoms with Gasteiger partial charge in [0.1, 0.15) is 10.8 Å². The van der Waals surface area contributed by atoms with E-state index in [1.807, 2.05) is 11.8 Å². The Labute approximate surface area is 176 Å². The number of hydrogen-bond donors (Lipinski definition) is 0. The van der Waals surface area contributed by atoms with E-state index in [2.05, 4.69) is 40.1 Å². The van der Waals surface area contributed by atoms with E-state index in [9.17, 15) is 4.79 Å². The van der Waals surface area contributed by atoms with Gasteiger partial charge in [-0.05, 0) is 44.4 Å². The van der Waals surface area contributed by atoms with Crippen LogP contribution in [0.5, 0.6) is 0 Å². The molecule has 6 heteroatoms. The minimum Gasteiger partial charge on any atom is -0.330 e. The second kappa shape index (κ2) is 8.46. The number of fused-ring (bicyclic) bond motifs is 1. The van der Waals surface area contributed by atoms with E-state index in [1.165, 1.54) is 18.2 Å². The topological polar surface area (TPSA) is 59.0 Å². The molecule has 3 aromatic rings. The first kappa shape index (κ1) is 19.8. The summed E-state index contributed by atoms with van der Waals surface area (Å²) in [5.41, 5.74) is 4.44. The van der Waals surface area contributed by atoms with Gasteiger partial charge in [-0.2, -0.15) is 0 Å². The van der Waals surface area contributed by atoms with Gasteiger partial charge in [0.25, 0.3) is 5.91 Å². The minimum atomic E-state index is -0.0958. The number of rotatable bonds is 4. The number of carbonyl (C=O) groups is 1. The van der Waals surface area contributed by atoms with Gasteiger partial charge < -0.3 is 4.90 Å². The zero-order valence-electron chi connectivity index (χ0n) is 16.9. The fraction of sp³-hybridized carbons (Fsp3) is 0.391. The van der Waals surface area contributed by atoms with E-state index >= 15 is 0 Å². The third kappa shape index (κ3) is 4.25. The van der Waals surface area contributed by atoms with Crippen LogP contribution in [-0.2, 0) is 6.54 Å². The van der Waals surface area contributed by atoms with Crippen LogP contribution in [0.2, 0.25) is 5.15 Å². The molecule has 1 aliphatic rings. The molecule has 4 rings (SSSR count). The molecule has 5 nitrogen and oxygen atoms in total. The van der Waals surface area contributed by atoms with Crippen LogP contribution in [0.4, 0.5) is 0 Å². The zero-order valence-corrected chi connectivity index (χ0v) is 17.6. The monoisotopic (exact) mass is 408 g/mol. The van der Waals surface area contributed by atoms with Crippen molar-refractivity contribution in [3.8, 4) is 0 Å². The van der Waals surface area contributed by atoms with Gasteiger partial charge in [-0.3, -0.25) is 9.78 Å². The SMILES string of the molecule is Cc1cc(C)c2nc(Cl)c(CN(C(=O)c3cnccn3)C3CCCCC3)cc2c1. The number of hydrogen-bond acceptors (Lipinski definition) is 4. The molecule has 1 amide bonds. The van der Waals surface area contributed by atoms with Crippen molar-refractivity contribution in [2.24, 2.45) is 0 Å². The van der Waals surface area contributed by atoms with Crippen molar-refractivity contribution in [2.75, 3.05) is 0 Å². The third-order valence-corrected chi connectivity index (χ3v) is 6.01. The Hall–Kier alpha value is -2.53. The Bertz CT molecular complexity index is 1030. The molecule has 1 aliphatic carbocycles. The molecule has 1 aromatic carbocycles. The van der Waals surface area contributed by atoms with Crippen LogP contribution in [-0.4, -0.2) is 31.8 Å². The summed E-state index contributed by atoms with van der Waals surface area (Å²) in [5.74, 6) is -0.0958. The Morgan fingerprint density at radius 3 is 2.66 bits per heavy atom. The van der Waals surface area contributed by atoms with Crippen molar-refractivity contribution in [2.45, 2.75) is 58.5 Å². The van der Waals surface area contributed by atoms with Crippen molar-refractivity contribution in [3.05, 3.63) is 64.3 Å². The number of halogens is 1. The van der Waals surface area contributed by atoms with Gasteiger partial charge in [-0.25, -0.2) is 9.97 Å². The molecule has 0 aliphatic heterocycles. The van der Waals surface area contributed by atoms with Crippen LogP contribution in [0.3, 0.4) is 0 Å². The molecule has 0 bridgehead atoms. The fourth-order valence-electron chi connectivity index (χ4n) is 4.28. The second-order valence-corrected chi connectivity index (χ2v) is 8.27. The number of pyridine rings is 1. The van der Waals surface area contributed by atoms with E-state index in [-0.39, 0.29) is 11.9 Å². The average Bonchev–Trinajstić information content (AvgIpc) is 2.73. The van der Waals surface area contributed by atoms with E-state index in [4.69, 9.17) is 11.6 Å². The van der Waals surface area contributed by atoms with E-state index in [0.717, 1.165) is 47.7 Å². The molecule has 0 atom stereocenters. The molecule has 150 valence electrons. The number of amides is 1. The largest absolute Gasteiger partial charge is 0.330 e. The standard InChI is InChI=1S/C23H25ClN4O/c1-15-10-16(2)21-17(11-15)12-18(22(24)27-21)14-28(19-6-4-3-5-7-19)23(29)20-13-25-8-9-26-20/h8-13,19H,3-7,14H2,1-2H3. The molecule has 1 saturated carbocycles. The number of benzene rings is 1. The number of carbonyl (C=O) groups excluding carboxylic acids is 1. The lowest BCUT2D eigenvalue weighted by Gasteiger charge is -2.34. The Morgan fingerprint density at radius 2 is 1.93 bits per heavy atom. The van der Waals surface area contributed by atoms with Gasteiger partial charge in [0, 0.05) is 35.9 Å². The maximum atomic E-state index is 13.3.